The van der Waals surface area contributed by atoms with Crippen LogP contribution in [0.1, 0.15) is 30.1 Å². The van der Waals surface area contributed by atoms with Gasteiger partial charge in [-0.05, 0) is 25.5 Å². The largest absolute Gasteiger partial charge is 0.507 e. The number of hydrogen-bond donors (Lipinski definition) is 3. The predicted molar refractivity (Wildman–Crippen MR) is 68.5 cm³/mol. The average Bonchev–Trinajstić information content (AvgIpc) is 2.35. The molecule has 0 saturated carbocycles. The van der Waals surface area contributed by atoms with Crippen LogP contribution in [0.15, 0.2) is 18.2 Å². The zero-order chi connectivity index (χ0) is 14.4. The normalized spacial score (nSPS) is 11.7. The topological polar surface area (TPSA) is 95.9 Å². The monoisotopic (exact) mass is 267 g/mol. The second-order valence-corrected chi connectivity index (χ2v) is 4.19. The Bertz CT molecular complexity index is 472. The molecule has 1 rings (SSSR count). The maximum Gasteiger partial charge on any atom is 0.303 e. The van der Waals surface area contributed by atoms with Gasteiger partial charge in [0.25, 0.3) is 5.91 Å². The number of methoxy groups -OCH3 is 1. The van der Waals surface area contributed by atoms with Crippen LogP contribution in [0.5, 0.6) is 11.5 Å². The summed E-state index contributed by atoms with van der Waals surface area (Å²) in [5, 5.41) is 20.9. The van der Waals surface area contributed by atoms with E-state index in [9.17, 15) is 14.7 Å². The van der Waals surface area contributed by atoms with Crippen molar-refractivity contribution in [2.75, 3.05) is 7.11 Å². The molecule has 0 radical (unpaired) electrons. The summed E-state index contributed by atoms with van der Waals surface area (Å²) >= 11 is 0. The van der Waals surface area contributed by atoms with Gasteiger partial charge in [0.1, 0.15) is 11.5 Å². The lowest BCUT2D eigenvalue weighted by atomic mass is 10.1. The number of phenolic OH excluding ortho intramolecular Hbond substituents is 1. The number of aliphatic carboxylic acids is 1. The summed E-state index contributed by atoms with van der Waals surface area (Å²) < 4.78 is 4.92. The van der Waals surface area contributed by atoms with Gasteiger partial charge in [-0.3, -0.25) is 9.59 Å². The third-order valence-electron chi connectivity index (χ3n) is 2.62. The van der Waals surface area contributed by atoms with Gasteiger partial charge >= 0.3 is 5.97 Å². The quantitative estimate of drug-likeness (QED) is 0.723. The lowest BCUT2D eigenvalue weighted by Gasteiger charge is -2.13. The average molecular weight is 267 g/mol. The van der Waals surface area contributed by atoms with Crippen LogP contribution in [-0.2, 0) is 4.79 Å². The number of ether oxygens (including phenoxy) is 1. The van der Waals surface area contributed by atoms with Crippen LogP contribution in [0.2, 0.25) is 0 Å². The molecule has 1 amide bonds. The van der Waals surface area contributed by atoms with Gasteiger partial charge in [-0.1, -0.05) is 0 Å². The van der Waals surface area contributed by atoms with Crippen molar-refractivity contribution in [3.8, 4) is 11.5 Å². The van der Waals surface area contributed by atoms with E-state index in [2.05, 4.69) is 5.32 Å². The van der Waals surface area contributed by atoms with Gasteiger partial charge < -0.3 is 20.3 Å². The summed E-state index contributed by atoms with van der Waals surface area (Å²) in [6.07, 6.45) is 0.314. The number of nitrogens with one attached hydrogen (secondary N) is 1. The van der Waals surface area contributed by atoms with Gasteiger partial charge in [0.05, 0.1) is 12.7 Å². The van der Waals surface area contributed by atoms with Crippen molar-refractivity contribution in [2.24, 2.45) is 0 Å². The predicted octanol–water partition coefficient (Wildman–Crippen LogP) is 1.38. The van der Waals surface area contributed by atoms with Gasteiger partial charge in [0.2, 0.25) is 0 Å². The Morgan fingerprint density at radius 2 is 2.11 bits per heavy atom. The Labute approximate surface area is 111 Å². The summed E-state index contributed by atoms with van der Waals surface area (Å²) in [6, 6.07) is 4.07. The molecule has 19 heavy (non-hydrogen) atoms. The molecule has 6 nitrogen and oxygen atoms in total. The summed E-state index contributed by atoms with van der Waals surface area (Å²) in [7, 11) is 1.46. The summed E-state index contributed by atoms with van der Waals surface area (Å²) in [6.45, 7) is 1.71. The molecular formula is C13H17NO5. The van der Waals surface area contributed by atoms with Gasteiger partial charge in [-0.15, -0.1) is 0 Å². The number of carbonyl (C=O) groups excluding carboxylic acids is 1. The number of rotatable bonds is 6. The maximum atomic E-state index is 11.9. The molecule has 1 unspecified atom stereocenters. The van der Waals surface area contributed by atoms with E-state index in [1.807, 2.05) is 0 Å². The Balaban J connectivity index is 2.65. The standard InChI is InChI=1S/C13H17NO5/c1-8(3-6-12(16)17)14-13(18)10-5-4-9(19-2)7-11(10)15/h4-5,7-8,15H,3,6H2,1-2H3,(H,14,18)(H,16,17). The highest BCUT2D eigenvalue weighted by Gasteiger charge is 2.15. The van der Waals surface area contributed by atoms with E-state index in [1.54, 1.807) is 13.0 Å². The number of hydrogen-bond acceptors (Lipinski definition) is 4. The number of phenols is 1. The Morgan fingerprint density at radius 1 is 1.42 bits per heavy atom. The van der Waals surface area contributed by atoms with Crippen LogP contribution in [0.3, 0.4) is 0 Å². The minimum Gasteiger partial charge on any atom is -0.507 e. The van der Waals surface area contributed by atoms with Gasteiger partial charge in [0.15, 0.2) is 0 Å². The molecule has 0 aromatic heterocycles. The van der Waals surface area contributed by atoms with Crippen molar-refractivity contribution in [2.45, 2.75) is 25.8 Å². The Hall–Kier alpha value is -2.24. The number of aromatic hydroxyl groups is 1. The van der Waals surface area contributed by atoms with Crippen LogP contribution < -0.4 is 10.1 Å². The first kappa shape index (κ1) is 14.8. The molecular weight excluding hydrogens is 250 g/mol. The molecule has 0 bridgehead atoms. The third-order valence-corrected chi connectivity index (χ3v) is 2.62. The van der Waals surface area contributed by atoms with E-state index in [1.165, 1.54) is 19.2 Å². The highest BCUT2D eigenvalue weighted by Crippen LogP contribution is 2.23. The Morgan fingerprint density at radius 3 is 2.63 bits per heavy atom. The van der Waals surface area contributed by atoms with E-state index < -0.39 is 11.9 Å². The number of carboxylic acid groups (broad SMARTS) is 1. The van der Waals surface area contributed by atoms with E-state index >= 15 is 0 Å². The number of benzene rings is 1. The fraction of sp³-hybridized carbons (Fsp3) is 0.385. The number of carboxylic acids is 1. The second-order valence-electron chi connectivity index (χ2n) is 4.19. The van der Waals surface area contributed by atoms with Crippen molar-refractivity contribution in [3.05, 3.63) is 23.8 Å². The molecule has 0 saturated heterocycles. The van der Waals surface area contributed by atoms with E-state index in [4.69, 9.17) is 9.84 Å². The molecule has 0 heterocycles. The molecule has 1 atom stereocenters. The first-order valence-electron chi connectivity index (χ1n) is 5.83. The van der Waals surface area contributed by atoms with Crippen molar-refractivity contribution >= 4 is 11.9 Å². The lowest BCUT2D eigenvalue weighted by molar-refractivity contribution is -0.137. The minimum absolute atomic E-state index is 0.0178. The molecule has 0 aliphatic carbocycles. The zero-order valence-corrected chi connectivity index (χ0v) is 10.8. The molecule has 0 spiro atoms. The van der Waals surface area contributed by atoms with Crippen LogP contribution in [0.4, 0.5) is 0 Å². The van der Waals surface area contributed by atoms with E-state index in [0.717, 1.165) is 0 Å². The molecule has 104 valence electrons. The van der Waals surface area contributed by atoms with Crippen molar-refractivity contribution < 1.29 is 24.5 Å². The molecule has 3 N–H and O–H groups in total. The van der Waals surface area contributed by atoms with Gasteiger partial charge in [0, 0.05) is 18.5 Å². The van der Waals surface area contributed by atoms with E-state index in [-0.39, 0.29) is 23.8 Å². The highest BCUT2D eigenvalue weighted by atomic mass is 16.5. The molecule has 1 aromatic carbocycles. The molecule has 6 heteroatoms. The van der Waals surface area contributed by atoms with E-state index in [0.29, 0.717) is 12.2 Å². The lowest BCUT2D eigenvalue weighted by Crippen LogP contribution is -2.32. The molecule has 1 aromatic rings. The van der Waals surface area contributed by atoms with Crippen molar-refractivity contribution in [1.82, 2.24) is 5.32 Å². The van der Waals surface area contributed by atoms with Crippen molar-refractivity contribution in [1.29, 1.82) is 0 Å². The zero-order valence-electron chi connectivity index (χ0n) is 10.8. The van der Waals surface area contributed by atoms with Crippen LogP contribution in [0.25, 0.3) is 0 Å². The smallest absolute Gasteiger partial charge is 0.303 e. The molecule has 0 aliphatic heterocycles. The third kappa shape index (κ3) is 4.50. The summed E-state index contributed by atoms with van der Waals surface area (Å²) in [5.41, 5.74) is 0.128. The van der Waals surface area contributed by atoms with Crippen LogP contribution in [-0.4, -0.2) is 35.2 Å². The molecule has 0 aliphatic rings. The SMILES string of the molecule is COc1ccc(C(=O)NC(C)CCC(=O)O)c(O)c1. The van der Waals surface area contributed by atoms with Crippen molar-refractivity contribution in [3.63, 3.8) is 0 Å². The molecule has 0 fully saturated rings. The van der Waals surface area contributed by atoms with Crippen LogP contribution >= 0.6 is 0 Å². The van der Waals surface area contributed by atoms with Crippen LogP contribution in [0, 0.1) is 0 Å². The second kappa shape index (κ2) is 6.63. The fourth-order valence-electron chi connectivity index (χ4n) is 1.54. The first-order chi connectivity index (χ1) is 8.93. The summed E-state index contributed by atoms with van der Waals surface area (Å²) in [4.78, 5) is 22.3. The fourth-order valence-corrected chi connectivity index (χ4v) is 1.54. The Kier molecular flexibility index (Phi) is 5.17. The number of amides is 1. The minimum atomic E-state index is -0.909. The van der Waals surface area contributed by atoms with Gasteiger partial charge in [-0.2, -0.15) is 0 Å². The maximum absolute atomic E-state index is 11.9. The highest BCUT2D eigenvalue weighted by molar-refractivity contribution is 5.97. The number of carbonyl (C=O) groups is 2. The van der Waals surface area contributed by atoms with Gasteiger partial charge in [-0.25, -0.2) is 0 Å². The summed E-state index contributed by atoms with van der Waals surface area (Å²) in [5.74, 6) is -1.08. The first-order valence-corrected chi connectivity index (χ1v) is 5.83.